The van der Waals surface area contributed by atoms with Crippen LogP contribution >= 0.6 is 0 Å². The van der Waals surface area contributed by atoms with Gasteiger partial charge in [0.1, 0.15) is 0 Å². The molecule has 0 fully saturated rings. The van der Waals surface area contributed by atoms with Crippen LogP contribution in [0.15, 0.2) is 29.1 Å². The molecule has 0 aliphatic carbocycles. The van der Waals surface area contributed by atoms with Gasteiger partial charge in [0, 0.05) is 16.5 Å². The second kappa shape index (κ2) is 4.72. The number of H-pyrrole nitrogens is 1. The molecule has 1 heterocycles. The van der Waals surface area contributed by atoms with E-state index in [1.807, 2.05) is 31.2 Å². The summed E-state index contributed by atoms with van der Waals surface area (Å²) in [4.78, 5) is 14.8. The van der Waals surface area contributed by atoms with E-state index in [0.29, 0.717) is 12.8 Å². The molecule has 0 aliphatic rings. The van der Waals surface area contributed by atoms with Gasteiger partial charge in [0.05, 0.1) is 6.10 Å². The molecule has 17 heavy (non-hydrogen) atoms. The van der Waals surface area contributed by atoms with E-state index < -0.39 is 0 Å². The number of para-hydroxylation sites is 1. The Morgan fingerprint density at radius 1 is 1.35 bits per heavy atom. The number of nitrogens with one attached hydrogen (secondary N) is 1. The number of aliphatic hydroxyl groups is 1. The first-order chi connectivity index (χ1) is 8.09. The second-order valence-electron chi connectivity index (χ2n) is 4.49. The van der Waals surface area contributed by atoms with Crippen molar-refractivity contribution in [3.05, 3.63) is 45.7 Å². The fourth-order valence-corrected chi connectivity index (χ4v) is 2.10. The highest BCUT2D eigenvalue weighted by atomic mass is 16.3. The van der Waals surface area contributed by atoms with Gasteiger partial charge >= 0.3 is 0 Å². The summed E-state index contributed by atoms with van der Waals surface area (Å²) in [6.45, 7) is 3.71. The fraction of sp³-hybridized carbons (Fsp3) is 0.357. The zero-order valence-corrected chi connectivity index (χ0v) is 10.2. The molecule has 3 heteroatoms. The third kappa shape index (κ3) is 2.39. The maximum atomic E-state index is 11.9. The number of pyridine rings is 1. The molecule has 90 valence electrons. The van der Waals surface area contributed by atoms with Gasteiger partial charge in [-0.1, -0.05) is 18.2 Å². The summed E-state index contributed by atoms with van der Waals surface area (Å²) < 4.78 is 0. The molecule has 1 atom stereocenters. The molecule has 0 unspecified atom stereocenters. The molecular weight excluding hydrogens is 214 g/mol. The van der Waals surface area contributed by atoms with Crippen LogP contribution in [-0.4, -0.2) is 16.2 Å². The highest BCUT2D eigenvalue weighted by Gasteiger charge is 2.09. The van der Waals surface area contributed by atoms with Gasteiger partial charge in [-0.3, -0.25) is 4.79 Å². The number of benzene rings is 1. The molecule has 1 aromatic heterocycles. The van der Waals surface area contributed by atoms with Crippen LogP contribution in [0.1, 0.15) is 24.5 Å². The Hall–Kier alpha value is -1.61. The Balaban J connectivity index is 2.52. The third-order valence-electron chi connectivity index (χ3n) is 3.12. The van der Waals surface area contributed by atoms with Crippen molar-refractivity contribution in [2.75, 3.05) is 0 Å². The van der Waals surface area contributed by atoms with Crippen molar-refractivity contribution in [3.63, 3.8) is 0 Å². The lowest BCUT2D eigenvalue weighted by atomic mass is 10.0. The van der Waals surface area contributed by atoms with Crippen LogP contribution < -0.4 is 5.56 Å². The zero-order chi connectivity index (χ0) is 12.4. The van der Waals surface area contributed by atoms with Crippen LogP contribution in [0.5, 0.6) is 0 Å². The predicted octanol–water partition coefficient (Wildman–Crippen LogP) is 2.15. The minimum Gasteiger partial charge on any atom is -0.393 e. The summed E-state index contributed by atoms with van der Waals surface area (Å²) in [5, 5.41) is 10.4. The monoisotopic (exact) mass is 231 g/mol. The van der Waals surface area contributed by atoms with Gasteiger partial charge in [-0.15, -0.1) is 0 Å². The Morgan fingerprint density at radius 2 is 2.06 bits per heavy atom. The molecule has 1 aromatic carbocycles. The summed E-state index contributed by atoms with van der Waals surface area (Å²) in [5.74, 6) is 0. The minimum absolute atomic E-state index is 0.0400. The standard InChI is InChI=1S/C14H17NO2/c1-9(16)7-8-12-10(2)11-5-3-4-6-13(11)15-14(12)17/h3-6,9,16H,7-8H2,1-2H3,(H,15,17)/t9-/m1/s1. The lowest BCUT2D eigenvalue weighted by Crippen LogP contribution is -2.16. The van der Waals surface area contributed by atoms with Crippen LogP contribution in [0, 0.1) is 6.92 Å². The number of aryl methyl sites for hydroxylation is 1. The van der Waals surface area contributed by atoms with E-state index in [4.69, 9.17) is 0 Å². The van der Waals surface area contributed by atoms with E-state index in [0.717, 1.165) is 22.0 Å². The smallest absolute Gasteiger partial charge is 0.251 e. The lowest BCUT2D eigenvalue weighted by Gasteiger charge is -2.09. The van der Waals surface area contributed by atoms with Gasteiger partial charge in [-0.2, -0.15) is 0 Å². The van der Waals surface area contributed by atoms with Crippen LogP contribution in [0.2, 0.25) is 0 Å². The van der Waals surface area contributed by atoms with E-state index in [2.05, 4.69) is 4.98 Å². The maximum Gasteiger partial charge on any atom is 0.251 e. The zero-order valence-electron chi connectivity index (χ0n) is 10.2. The lowest BCUT2D eigenvalue weighted by molar-refractivity contribution is 0.185. The van der Waals surface area contributed by atoms with Gasteiger partial charge in [0.25, 0.3) is 5.56 Å². The summed E-state index contributed by atoms with van der Waals surface area (Å²) in [7, 11) is 0. The van der Waals surface area contributed by atoms with Crippen LogP contribution in [0.3, 0.4) is 0 Å². The Morgan fingerprint density at radius 3 is 2.76 bits per heavy atom. The first-order valence-corrected chi connectivity index (χ1v) is 5.88. The molecule has 0 aliphatic heterocycles. The molecule has 0 saturated carbocycles. The predicted molar refractivity (Wildman–Crippen MR) is 69.3 cm³/mol. The Labute approximate surface area is 100 Å². The van der Waals surface area contributed by atoms with Crippen molar-refractivity contribution < 1.29 is 5.11 Å². The first-order valence-electron chi connectivity index (χ1n) is 5.88. The van der Waals surface area contributed by atoms with E-state index >= 15 is 0 Å². The second-order valence-corrected chi connectivity index (χ2v) is 4.49. The molecule has 0 bridgehead atoms. The number of aromatic nitrogens is 1. The number of fused-ring (bicyclic) bond motifs is 1. The molecule has 2 aromatic rings. The molecule has 0 radical (unpaired) electrons. The summed E-state index contributed by atoms with van der Waals surface area (Å²) in [5.41, 5.74) is 2.63. The molecule has 0 amide bonds. The Kier molecular flexibility index (Phi) is 3.29. The van der Waals surface area contributed by atoms with Crippen molar-refractivity contribution in [1.82, 2.24) is 4.98 Å². The van der Waals surface area contributed by atoms with Gasteiger partial charge in [-0.25, -0.2) is 0 Å². The van der Waals surface area contributed by atoms with E-state index in [-0.39, 0.29) is 11.7 Å². The van der Waals surface area contributed by atoms with Crippen molar-refractivity contribution in [2.24, 2.45) is 0 Å². The van der Waals surface area contributed by atoms with Crippen molar-refractivity contribution in [1.29, 1.82) is 0 Å². The molecule has 0 saturated heterocycles. The van der Waals surface area contributed by atoms with Crippen molar-refractivity contribution in [2.45, 2.75) is 32.8 Å². The van der Waals surface area contributed by atoms with E-state index in [1.165, 1.54) is 0 Å². The fourth-order valence-electron chi connectivity index (χ4n) is 2.10. The number of hydrogen-bond donors (Lipinski definition) is 2. The van der Waals surface area contributed by atoms with Gasteiger partial charge in [-0.05, 0) is 38.3 Å². The maximum absolute atomic E-state index is 11.9. The molecule has 2 rings (SSSR count). The van der Waals surface area contributed by atoms with Gasteiger partial charge in [0.2, 0.25) is 0 Å². The summed E-state index contributed by atoms with van der Waals surface area (Å²) in [6.07, 6.45) is 0.853. The van der Waals surface area contributed by atoms with E-state index in [9.17, 15) is 9.90 Å². The van der Waals surface area contributed by atoms with E-state index in [1.54, 1.807) is 6.92 Å². The van der Waals surface area contributed by atoms with Gasteiger partial charge in [0.15, 0.2) is 0 Å². The number of hydrogen-bond acceptors (Lipinski definition) is 2. The molecule has 2 N–H and O–H groups in total. The average Bonchev–Trinajstić information content (AvgIpc) is 2.28. The summed E-state index contributed by atoms with van der Waals surface area (Å²) >= 11 is 0. The summed E-state index contributed by atoms with van der Waals surface area (Å²) in [6, 6.07) is 7.79. The SMILES string of the molecule is Cc1c(CC[C@@H](C)O)c(=O)[nH]c2ccccc12. The topological polar surface area (TPSA) is 53.1 Å². The molecule has 0 spiro atoms. The highest BCUT2D eigenvalue weighted by Crippen LogP contribution is 2.18. The van der Waals surface area contributed by atoms with Crippen molar-refractivity contribution in [3.8, 4) is 0 Å². The molecular formula is C14H17NO2. The van der Waals surface area contributed by atoms with Crippen LogP contribution in [0.25, 0.3) is 10.9 Å². The quantitative estimate of drug-likeness (QED) is 0.850. The van der Waals surface area contributed by atoms with Crippen molar-refractivity contribution >= 4 is 10.9 Å². The highest BCUT2D eigenvalue weighted by molar-refractivity contribution is 5.82. The van der Waals surface area contributed by atoms with Gasteiger partial charge < -0.3 is 10.1 Å². The van der Waals surface area contributed by atoms with Crippen LogP contribution in [-0.2, 0) is 6.42 Å². The largest absolute Gasteiger partial charge is 0.393 e. The average molecular weight is 231 g/mol. The normalized spacial score (nSPS) is 12.9. The Bertz CT molecular complexity index is 584. The number of rotatable bonds is 3. The molecule has 3 nitrogen and oxygen atoms in total. The van der Waals surface area contributed by atoms with Crippen LogP contribution in [0.4, 0.5) is 0 Å². The minimum atomic E-state index is -0.375. The number of aliphatic hydroxyl groups excluding tert-OH is 1. The third-order valence-corrected chi connectivity index (χ3v) is 3.12. The number of aromatic amines is 1. The first kappa shape index (κ1) is 11.9.